The summed E-state index contributed by atoms with van der Waals surface area (Å²) in [4.78, 5) is 8.41. The zero-order valence-electron chi connectivity index (χ0n) is 8.52. The lowest BCUT2D eigenvalue weighted by atomic mass is 10.2. The minimum Gasteiger partial charge on any atom is -0.313 e. The van der Waals surface area contributed by atoms with Gasteiger partial charge in [-0.25, -0.2) is 18.4 Å². The molecule has 0 unspecified atom stereocenters. The lowest BCUT2D eigenvalue weighted by Crippen LogP contribution is -2.22. The second-order valence-electron chi connectivity index (χ2n) is 3.63. The number of nitrogens with one attached hydrogen (secondary N) is 1. The summed E-state index contributed by atoms with van der Waals surface area (Å²) in [6.45, 7) is 0.563. The first-order chi connectivity index (χ1) is 7.11. The fourth-order valence-electron chi connectivity index (χ4n) is 1.61. The van der Waals surface area contributed by atoms with E-state index in [2.05, 4.69) is 15.3 Å². The Balaban J connectivity index is 2.35. The Kier molecular flexibility index (Phi) is 2.70. The number of fused-ring (bicyclic) bond motifs is 1. The third kappa shape index (κ3) is 2.32. The minimum atomic E-state index is -2.94. The van der Waals surface area contributed by atoms with Crippen LogP contribution in [0.2, 0.25) is 0 Å². The third-order valence-electron chi connectivity index (χ3n) is 2.38. The standard InChI is InChI=1S/C9H13N3O2S/c1-10-5-9-11-4-7-2-3-15(13,14)6-8(7)12-9/h4,10H,2-3,5-6H2,1H3. The van der Waals surface area contributed by atoms with Crippen LogP contribution in [0.15, 0.2) is 6.20 Å². The van der Waals surface area contributed by atoms with Crippen LogP contribution in [0, 0.1) is 0 Å². The van der Waals surface area contributed by atoms with Crippen molar-refractivity contribution in [3.63, 3.8) is 0 Å². The molecule has 15 heavy (non-hydrogen) atoms. The maximum absolute atomic E-state index is 11.4. The molecular formula is C9H13N3O2S. The topological polar surface area (TPSA) is 72.0 Å². The monoisotopic (exact) mass is 227 g/mol. The summed E-state index contributed by atoms with van der Waals surface area (Å²) in [7, 11) is -1.13. The Bertz CT molecular complexity index is 470. The largest absolute Gasteiger partial charge is 0.313 e. The van der Waals surface area contributed by atoms with Crippen molar-refractivity contribution in [2.24, 2.45) is 0 Å². The van der Waals surface area contributed by atoms with Crippen molar-refractivity contribution in [1.82, 2.24) is 15.3 Å². The van der Waals surface area contributed by atoms with Gasteiger partial charge in [-0.2, -0.15) is 0 Å². The van der Waals surface area contributed by atoms with Crippen molar-refractivity contribution in [3.8, 4) is 0 Å². The van der Waals surface area contributed by atoms with Crippen molar-refractivity contribution < 1.29 is 8.42 Å². The van der Waals surface area contributed by atoms with E-state index in [0.717, 1.165) is 5.56 Å². The second-order valence-corrected chi connectivity index (χ2v) is 5.81. The van der Waals surface area contributed by atoms with Gasteiger partial charge in [0.1, 0.15) is 5.82 Å². The van der Waals surface area contributed by atoms with Gasteiger partial charge in [0.2, 0.25) is 0 Å². The summed E-state index contributed by atoms with van der Waals surface area (Å²) in [5, 5.41) is 2.94. The van der Waals surface area contributed by atoms with Crippen LogP contribution < -0.4 is 5.32 Å². The van der Waals surface area contributed by atoms with Gasteiger partial charge in [-0.15, -0.1) is 0 Å². The Morgan fingerprint density at radius 1 is 1.53 bits per heavy atom. The summed E-state index contributed by atoms with van der Waals surface area (Å²) < 4.78 is 22.8. The molecule has 0 atom stereocenters. The van der Waals surface area contributed by atoms with Crippen LogP contribution in [0.1, 0.15) is 17.1 Å². The number of sulfone groups is 1. The van der Waals surface area contributed by atoms with Crippen molar-refractivity contribution in [1.29, 1.82) is 0 Å². The summed E-state index contributed by atoms with van der Waals surface area (Å²) in [6.07, 6.45) is 2.28. The van der Waals surface area contributed by atoms with Gasteiger partial charge in [0.05, 0.1) is 23.7 Å². The van der Waals surface area contributed by atoms with Crippen molar-refractivity contribution >= 4 is 9.84 Å². The van der Waals surface area contributed by atoms with Gasteiger partial charge in [0.25, 0.3) is 0 Å². The molecule has 82 valence electrons. The predicted molar refractivity (Wildman–Crippen MR) is 56.0 cm³/mol. The highest BCUT2D eigenvalue weighted by atomic mass is 32.2. The summed E-state index contributed by atoms with van der Waals surface area (Å²) >= 11 is 0. The normalized spacial score (nSPS) is 18.5. The molecular weight excluding hydrogens is 214 g/mol. The van der Waals surface area contributed by atoms with Crippen LogP contribution in [0.4, 0.5) is 0 Å². The lowest BCUT2D eigenvalue weighted by Gasteiger charge is -2.15. The highest BCUT2D eigenvalue weighted by molar-refractivity contribution is 7.90. The van der Waals surface area contributed by atoms with Gasteiger partial charge in [-0.1, -0.05) is 0 Å². The highest BCUT2D eigenvalue weighted by Gasteiger charge is 2.22. The highest BCUT2D eigenvalue weighted by Crippen LogP contribution is 2.17. The zero-order chi connectivity index (χ0) is 10.9. The van der Waals surface area contributed by atoms with Crippen LogP contribution in [0.3, 0.4) is 0 Å². The molecule has 0 bridgehead atoms. The van der Waals surface area contributed by atoms with E-state index in [0.29, 0.717) is 24.5 Å². The van der Waals surface area contributed by atoms with Crippen molar-refractivity contribution in [3.05, 3.63) is 23.3 Å². The molecule has 1 aliphatic heterocycles. The van der Waals surface area contributed by atoms with Crippen LogP contribution in [0.25, 0.3) is 0 Å². The average Bonchev–Trinajstić information content (AvgIpc) is 2.16. The Morgan fingerprint density at radius 3 is 3.07 bits per heavy atom. The van der Waals surface area contributed by atoms with Gasteiger partial charge in [0.15, 0.2) is 9.84 Å². The molecule has 0 aliphatic carbocycles. The molecule has 1 N–H and O–H groups in total. The second kappa shape index (κ2) is 3.86. The summed E-state index contributed by atoms with van der Waals surface area (Å²) in [5.41, 5.74) is 1.63. The maximum Gasteiger partial charge on any atom is 0.156 e. The van der Waals surface area contributed by atoms with Crippen LogP contribution in [0.5, 0.6) is 0 Å². The van der Waals surface area contributed by atoms with Gasteiger partial charge in [0, 0.05) is 6.20 Å². The van der Waals surface area contributed by atoms with E-state index in [1.807, 2.05) is 0 Å². The number of aryl methyl sites for hydroxylation is 1. The first kappa shape index (κ1) is 10.5. The Hall–Kier alpha value is -1.01. The average molecular weight is 227 g/mol. The Labute approximate surface area is 88.9 Å². The zero-order valence-corrected chi connectivity index (χ0v) is 9.34. The predicted octanol–water partition coefficient (Wildman–Crippen LogP) is -0.333. The third-order valence-corrected chi connectivity index (χ3v) is 3.92. The molecule has 0 saturated carbocycles. The molecule has 5 nitrogen and oxygen atoms in total. The van der Waals surface area contributed by atoms with E-state index >= 15 is 0 Å². The molecule has 1 aromatic heterocycles. The molecule has 1 aliphatic rings. The van der Waals surface area contributed by atoms with E-state index in [1.165, 1.54) is 0 Å². The molecule has 6 heteroatoms. The molecule has 2 heterocycles. The molecule has 0 spiro atoms. The van der Waals surface area contributed by atoms with E-state index in [-0.39, 0.29) is 11.5 Å². The van der Waals surface area contributed by atoms with Gasteiger partial charge < -0.3 is 5.32 Å². The fourth-order valence-corrected chi connectivity index (χ4v) is 2.95. The molecule has 2 rings (SSSR count). The van der Waals surface area contributed by atoms with Crippen molar-refractivity contribution in [2.75, 3.05) is 12.8 Å². The maximum atomic E-state index is 11.4. The van der Waals surface area contributed by atoms with Gasteiger partial charge in [-0.05, 0) is 19.0 Å². The smallest absolute Gasteiger partial charge is 0.156 e. The summed E-state index contributed by atoms with van der Waals surface area (Å²) in [5.74, 6) is 0.921. The van der Waals surface area contributed by atoms with E-state index in [4.69, 9.17) is 0 Å². The number of nitrogens with zero attached hydrogens (tertiary/aromatic N) is 2. The molecule has 0 amide bonds. The lowest BCUT2D eigenvalue weighted by molar-refractivity contribution is 0.589. The summed E-state index contributed by atoms with van der Waals surface area (Å²) in [6, 6.07) is 0. The fraction of sp³-hybridized carbons (Fsp3) is 0.556. The van der Waals surface area contributed by atoms with Crippen LogP contribution in [-0.2, 0) is 28.6 Å². The Morgan fingerprint density at radius 2 is 2.33 bits per heavy atom. The molecule has 0 saturated heterocycles. The molecule has 0 aromatic carbocycles. The van der Waals surface area contributed by atoms with E-state index in [9.17, 15) is 8.42 Å². The first-order valence-corrected chi connectivity index (χ1v) is 6.61. The quantitative estimate of drug-likeness (QED) is 0.749. The minimum absolute atomic E-state index is 0.0571. The number of aromatic nitrogens is 2. The van der Waals surface area contributed by atoms with E-state index < -0.39 is 9.84 Å². The molecule has 0 fully saturated rings. The molecule has 1 aromatic rings. The number of hydrogen-bond donors (Lipinski definition) is 1. The number of hydrogen-bond acceptors (Lipinski definition) is 5. The SMILES string of the molecule is CNCc1ncc2c(n1)CS(=O)(=O)CC2. The van der Waals surface area contributed by atoms with E-state index in [1.54, 1.807) is 13.2 Å². The molecule has 0 radical (unpaired) electrons. The first-order valence-electron chi connectivity index (χ1n) is 4.79. The van der Waals surface area contributed by atoms with Crippen LogP contribution >= 0.6 is 0 Å². The number of rotatable bonds is 2. The van der Waals surface area contributed by atoms with Crippen LogP contribution in [-0.4, -0.2) is 31.2 Å². The van der Waals surface area contributed by atoms with Gasteiger partial charge in [-0.3, -0.25) is 0 Å². The van der Waals surface area contributed by atoms with Crippen molar-refractivity contribution in [2.45, 2.75) is 18.7 Å². The van der Waals surface area contributed by atoms with Gasteiger partial charge >= 0.3 is 0 Å².